The van der Waals surface area contributed by atoms with Gasteiger partial charge in [0.05, 0.1) is 70.0 Å². The summed E-state index contributed by atoms with van der Waals surface area (Å²) >= 11 is 4.27. The molecule has 0 bridgehead atoms. The number of thiol groups is 1. The first-order chi connectivity index (χ1) is 68.1. The average molecular weight is 2070 g/mol. The second-order valence-electron chi connectivity index (χ2n) is 33.6. The first kappa shape index (κ1) is 122. The van der Waals surface area contributed by atoms with Crippen LogP contribution in [0.1, 0.15) is 110 Å². The van der Waals surface area contributed by atoms with Gasteiger partial charge >= 0.3 is 17.9 Å². The molecule has 145 heavy (non-hydrogen) atoms. The molecule has 36 N–H and O–H groups in total. The van der Waals surface area contributed by atoms with Crippen molar-refractivity contribution in [1.82, 2.24) is 106 Å². The van der Waals surface area contributed by atoms with Crippen molar-refractivity contribution in [2.24, 2.45) is 17.2 Å². The number of aliphatic hydroxyl groups excluding tert-OH is 5. The molecule has 57 nitrogen and oxygen atoms in total. The highest BCUT2D eigenvalue weighted by atomic mass is 32.1. The van der Waals surface area contributed by atoms with E-state index in [0.29, 0.717) is 17.5 Å². The van der Waals surface area contributed by atoms with Crippen LogP contribution in [-0.2, 0) is 130 Å². The second-order valence-corrected chi connectivity index (χ2v) is 33.9. The van der Waals surface area contributed by atoms with E-state index in [1.165, 1.54) is 55.5 Å². The molecule has 1 aliphatic rings. The summed E-state index contributed by atoms with van der Waals surface area (Å²) in [6.45, 7) is 2.14. The molecule has 58 heteroatoms. The van der Waals surface area contributed by atoms with E-state index >= 15 is 0 Å². The standard InChI is InChI=1S/C87H126N24O33S/c1-39(71(128)101-51(14-10-26-92-87(90)91)73(130)96-36-64(123)99-53(29-46-16-20-48(117)21-17-46)74(131)95-34-62(121)93-33-61(120)94-35-63(122)100-57(86(143)144)31-60(89)119)97-79(136)58(38-145)106-77(134)54(28-45-12-8-7-9-13-45)103-76(133)55(30-47-18-22-49(118)23-19-47)105-83(140)68(42(4)114)107-72(129)40(2)98-81(138)67(41(3)113)108-78(135)56(32-66(126)127)104-75(132)52(24-25-65(124)125)102-82(139)69(43(5)115)110-84(141)70(44(6)116)109-80(137)59-15-11-27-111(59)85(142)50(88)37-112/h7-9,12-13,16-23,39-44,50-59,67-70,112-118,145H,10-11,14-15,24-38,88H2,1-6H3,(H2,89,119)(H,93,121)(H,94,120)(H,95,131)(H,96,130)(H,97,136)(H,98,138)(H,99,123)(H,100,122)(H,101,128)(H,102,139)(H,103,133)(H,104,132)(H,105,140)(H,106,134)(H,107,129)(H,108,135)(H,109,137)(H,110,141)(H,124,125)(H,126,127)(H,143,144)(H4,90,91,92)/t39-,40-,41+,42+,43+,44+,50-,51-,52-,53-,54-,55-,56-,57-,58-,59-,67-,68-,69-,70-/m0/s1. The minimum atomic E-state index is -2.28. The van der Waals surface area contributed by atoms with Gasteiger partial charge in [0.25, 0.3) is 0 Å². The van der Waals surface area contributed by atoms with Crippen LogP contribution >= 0.6 is 12.6 Å². The van der Waals surface area contributed by atoms with Crippen LogP contribution in [-0.4, -0.2) is 371 Å². The Morgan fingerprint density at radius 2 is 0.766 bits per heavy atom. The van der Waals surface area contributed by atoms with Gasteiger partial charge in [-0.15, -0.1) is 0 Å². The highest BCUT2D eigenvalue weighted by Gasteiger charge is 2.43. The molecular weight excluding hydrogens is 1940 g/mol. The van der Waals surface area contributed by atoms with E-state index < -0.39 is 334 Å². The van der Waals surface area contributed by atoms with Gasteiger partial charge in [-0.2, -0.15) is 12.6 Å². The molecule has 0 radical (unpaired) electrons. The predicted octanol–water partition coefficient (Wildman–Crippen LogP) is -14.3. The third kappa shape index (κ3) is 43.0. The van der Waals surface area contributed by atoms with Crippen LogP contribution in [0.4, 0.5) is 0 Å². The lowest BCUT2D eigenvalue weighted by atomic mass is 10.0. The number of nitrogens with one attached hydrogen (secondary N) is 20. The number of carbonyl (C=O) groups is 23. The molecule has 4 rings (SSSR count). The zero-order valence-electron chi connectivity index (χ0n) is 79.5. The molecule has 1 saturated heterocycles. The molecule has 798 valence electrons. The number of nitrogens with two attached hydrogens (primary N) is 3. The molecule has 3 aromatic rings. The lowest BCUT2D eigenvalue weighted by Crippen LogP contribution is -2.63. The van der Waals surface area contributed by atoms with E-state index in [2.05, 4.69) is 97.7 Å². The minimum absolute atomic E-state index is 0.0139. The molecule has 20 atom stereocenters. The monoisotopic (exact) mass is 2070 g/mol. The number of guanidine groups is 1. The quantitative estimate of drug-likeness (QED) is 0.0108. The van der Waals surface area contributed by atoms with Gasteiger partial charge in [0, 0.05) is 44.5 Å². The van der Waals surface area contributed by atoms with E-state index in [1.54, 1.807) is 30.3 Å². The first-order valence-electron chi connectivity index (χ1n) is 45.1. The summed E-state index contributed by atoms with van der Waals surface area (Å²) in [5.74, 6) is -29.3. The smallest absolute Gasteiger partial charge is 0.326 e. The highest BCUT2D eigenvalue weighted by molar-refractivity contribution is 7.80. The maximum absolute atomic E-state index is 14.9. The number of rotatable bonds is 61. The molecule has 1 heterocycles. The number of aliphatic hydroxyl groups is 5. The number of carboxylic acids is 3. The summed E-state index contributed by atoms with van der Waals surface area (Å²) in [7, 11) is 0. The number of primary amides is 1. The summed E-state index contributed by atoms with van der Waals surface area (Å²) in [4.78, 5) is 308. The lowest BCUT2D eigenvalue weighted by molar-refractivity contribution is -0.143. The van der Waals surface area contributed by atoms with Crippen LogP contribution in [0.5, 0.6) is 11.5 Å². The predicted molar refractivity (Wildman–Crippen MR) is 504 cm³/mol. The normalized spacial score (nSPS) is 16.0. The molecule has 0 aliphatic carbocycles. The number of aliphatic carboxylic acids is 3. The number of carboxylic acid groups (broad SMARTS) is 3. The number of amides is 20. The van der Waals surface area contributed by atoms with E-state index in [0.717, 1.165) is 39.5 Å². The van der Waals surface area contributed by atoms with Crippen molar-refractivity contribution in [3.8, 4) is 11.5 Å². The van der Waals surface area contributed by atoms with E-state index in [9.17, 15) is 161 Å². The highest BCUT2D eigenvalue weighted by Crippen LogP contribution is 2.21. The topological polar surface area (TPSA) is 929 Å². The molecule has 0 aromatic heterocycles. The number of likely N-dealkylation sites (tertiary alicyclic amines) is 1. The molecule has 3 aromatic carbocycles. The fourth-order valence-electron chi connectivity index (χ4n) is 13.7. The zero-order chi connectivity index (χ0) is 109. The van der Waals surface area contributed by atoms with Crippen molar-refractivity contribution in [1.29, 1.82) is 5.41 Å². The third-order valence-electron chi connectivity index (χ3n) is 21.6. The van der Waals surface area contributed by atoms with Gasteiger partial charge in [-0.05, 0) is 115 Å². The first-order valence-corrected chi connectivity index (χ1v) is 45.7. The molecular formula is C87H126N24O33S. The Hall–Kier alpha value is -15.5. The van der Waals surface area contributed by atoms with Crippen LogP contribution in [0.3, 0.4) is 0 Å². The Bertz CT molecular complexity index is 5080. The number of carbonyl (C=O) groups excluding carboxylic acids is 20. The summed E-state index contributed by atoms with van der Waals surface area (Å²) in [5.41, 5.74) is 17.1. The van der Waals surface area contributed by atoms with Crippen molar-refractivity contribution in [2.75, 3.05) is 51.6 Å². The van der Waals surface area contributed by atoms with Gasteiger partial charge in [-0.25, -0.2) is 4.79 Å². The number of hydrogen-bond donors (Lipinski definition) is 34. The maximum Gasteiger partial charge on any atom is 0.326 e. The van der Waals surface area contributed by atoms with Gasteiger partial charge in [0.1, 0.15) is 108 Å². The number of aromatic hydroxyl groups is 2. The van der Waals surface area contributed by atoms with Gasteiger partial charge in [0.2, 0.25) is 118 Å². The Labute approximate surface area is 832 Å². The Morgan fingerprint density at radius 1 is 0.400 bits per heavy atom. The fraction of sp³-hybridized carbons (Fsp3) is 0.517. The Balaban J connectivity index is 1.50. The lowest BCUT2D eigenvalue weighted by Gasteiger charge is -2.30. The minimum Gasteiger partial charge on any atom is -0.508 e. The summed E-state index contributed by atoms with van der Waals surface area (Å²) in [5, 5.41) is 152. The molecule has 20 amide bonds. The fourth-order valence-corrected chi connectivity index (χ4v) is 14.0. The zero-order valence-corrected chi connectivity index (χ0v) is 80.4. The molecule has 1 aliphatic heterocycles. The summed E-state index contributed by atoms with van der Waals surface area (Å²) in [6, 6.07) is -10.2. The van der Waals surface area contributed by atoms with E-state index in [1.807, 2.05) is 16.0 Å². The SMILES string of the molecule is C[C@H](NC(=O)[C@H](CS)NC(=O)[C@H](Cc1ccccc1)NC(=O)[C@H](Cc1ccc(O)cc1)NC(=O)[C@@H](NC(=O)[C@H](C)NC(=O)[C@@H](NC(=O)[C@H](CC(=O)O)NC(=O)[C@H](CCC(=O)O)NC(=O)[C@@H](NC(=O)[C@@H](NC(=O)[C@@H]1CCCN1C(=O)[C@@H](N)CO)[C@@H](C)O)[C@@H](C)O)[C@@H](C)O)[C@@H](C)O)C(=O)N[C@@H](CCCNC(=N)N)C(=O)NCC(=O)N[C@@H](Cc1ccc(O)cc1)C(=O)NCC(=O)NCC(=O)NCC(=O)N[C@@H](CC(N)=O)C(=O)O. The van der Waals surface area contributed by atoms with E-state index in [-0.39, 0.29) is 62.3 Å². The van der Waals surface area contributed by atoms with Gasteiger partial charge in [-0.3, -0.25) is 111 Å². The number of hydrogen-bond acceptors (Lipinski definition) is 33. The average Bonchev–Trinajstić information content (AvgIpc) is 1.82. The van der Waals surface area contributed by atoms with Crippen molar-refractivity contribution in [2.45, 2.75) is 233 Å². The number of benzene rings is 3. The van der Waals surface area contributed by atoms with Crippen LogP contribution < -0.4 is 118 Å². The van der Waals surface area contributed by atoms with Crippen LogP contribution in [0, 0.1) is 5.41 Å². The second kappa shape index (κ2) is 60.7. The number of phenolic OH excluding ortho intramolecular Hbond substituents is 2. The van der Waals surface area contributed by atoms with Gasteiger partial charge in [0.15, 0.2) is 5.96 Å². The van der Waals surface area contributed by atoms with Crippen molar-refractivity contribution >= 4 is 155 Å². The number of nitrogens with zero attached hydrogens (tertiary/aromatic N) is 1. The van der Waals surface area contributed by atoms with Crippen molar-refractivity contribution in [3.05, 3.63) is 95.6 Å². The molecule has 0 unspecified atom stereocenters. The van der Waals surface area contributed by atoms with Crippen molar-refractivity contribution in [3.63, 3.8) is 0 Å². The van der Waals surface area contributed by atoms with Crippen LogP contribution in [0.25, 0.3) is 0 Å². The largest absolute Gasteiger partial charge is 0.508 e. The van der Waals surface area contributed by atoms with Crippen LogP contribution in [0.2, 0.25) is 0 Å². The number of phenols is 2. The van der Waals surface area contributed by atoms with Gasteiger partial charge in [-0.1, -0.05) is 54.6 Å². The maximum atomic E-state index is 14.9. The van der Waals surface area contributed by atoms with Crippen molar-refractivity contribution < 1.29 is 161 Å². The van der Waals surface area contributed by atoms with Gasteiger partial charge < -0.3 is 174 Å². The Morgan fingerprint density at radius 3 is 1.23 bits per heavy atom. The van der Waals surface area contributed by atoms with E-state index in [4.69, 9.17) is 22.6 Å². The molecule has 0 spiro atoms. The van der Waals surface area contributed by atoms with Crippen LogP contribution in [0.15, 0.2) is 78.9 Å². The molecule has 1 fully saturated rings. The third-order valence-corrected chi connectivity index (χ3v) is 21.9. The Kier molecular flexibility index (Phi) is 50.9. The summed E-state index contributed by atoms with van der Waals surface area (Å²) < 4.78 is 0. The molecule has 0 saturated carbocycles. The summed E-state index contributed by atoms with van der Waals surface area (Å²) in [6.07, 6.45) is -12.3.